The van der Waals surface area contributed by atoms with Crippen molar-refractivity contribution >= 4 is 0 Å². The van der Waals surface area contributed by atoms with E-state index in [0.717, 1.165) is 12.1 Å². The summed E-state index contributed by atoms with van der Waals surface area (Å²) in [5, 5.41) is 0. The van der Waals surface area contributed by atoms with Crippen molar-refractivity contribution in [3.63, 3.8) is 0 Å². The lowest BCUT2D eigenvalue weighted by Crippen LogP contribution is -2.14. The Morgan fingerprint density at radius 3 is 2.38 bits per heavy atom. The lowest BCUT2D eigenvalue weighted by atomic mass is 9.83. The minimum absolute atomic E-state index is 0.235. The topological polar surface area (TPSA) is 12.9 Å². The van der Waals surface area contributed by atoms with Gasteiger partial charge in [-0.1, -0.05) is 27.7 Å². The van der Waals surface area contributed by atoms with Crippen molar-refractivity contribution in [1.29, 1.82) is 0 Å². The van der Waals surface area contributed by atoms with Gasteiger partial charge in [0.05, 0.1) is 0 Å². The van der Waals surface area contributed by atoms with Crippen LogP contribution in [0.5, 0.6) is 0 Å². The van der Waals surface area contributed by atoms with Gasteiger partial charge in [-0.25, -0.2) is 0 Å². The monoisotopic (exact) mass is 177 g/mol. The highest BCUT2D eigenvalue weighted by Gasteiger charge is 2.17. The number of rotatable bonds is 1. The van der Waals surface area contributed by atoms with Crippen molar-refractivity contribution in [1.82, 2.24) is 4.98 Å². The first-order valence-corrected chi connectivity index (χ1v) is 4.91. The molecule has 0 aliphatic heterocycles. The van der Waals surface area contributed by atoms with Gasteiger partial charge in [0.1, 0.15) is 0 Å². The second-order valence-electron chi connectivity index (χ2n) is 4.59. The van der Waals surface area contributed by atoms with E-state index in [2.05, 4.69) is 45.7 Å². The van der Waals surface area contributed by atoms with E-state index < -0.39 is 0 Å². The van der Waals surface area contributed by atoms with Crippen LogP contribution < -0.4 is 0 Å². The van der Waals surface area contributed by atoms with Gasteiger partial charge in [0.25, 0.3) is 0 Å². The number of nitrogens with zero attached hydrogens (tertiary/aromatic N) is 1. The molecule has 0 aliphatic carbocycles. The lowest BCUT2D eigenvalue weighted by Gasteiger charge is -2.22. The fourth-order valence-electron chi connectivity index (χ4n) is 1.57. The molecule has 72 valence electrons. The lowest BCUT2D eigenvalue weighted by molar-refractivity contribution is 0.581. The fraction of sp³-hybridized carbons (Fsp3) is 0.583. The fourth-order valence-corrected chi connectivity index (χ4v) is 1.57. The Morgan fingerprint density at radius 2 is 1.92 bits per heavy atom. The van der Waals surface area contributed by atoms with Crippen LogP contribution in [-0.4, -0.2) is 4.98 Å². The number of hydrogen-bond donors (Lipinski definition) is 0. The highest BCUT2D eigenvalue weighted by Crippen LogP contribution is 2.26. The Hall–Kier alpha value is -0.850. The van der Waals surface area contributed by atoms with Gasteiger partial charge in [-0.3, -0.25) is 4.98 Å². The second-order valence-corrected chi connectivity index (χ2v) is 4.59. The van der Waals surface area contributed by atoms with Gasteiger partial charge in [0.15, 0.2) is 0 Å². The summed E-state index contributed by atoms with van der Waals surface area (Å²) in [6.45, 7) is 11.0. The molecule has 0 fully saturated rings. The third kappa shape index (κ3) is 2.30. The maximum atomic E-state index is 4.32. The summed E-state index contributed by atoms with van der Waals surface area (Å²) in [7, 11) is 0. The third-order valence-corrected chi connectivity index (χ3v) is 2.31. The molecule has 0 spiro atoms. The van der Waals surface area contributed by atoms with Gasteiger partial charge in [-0.05, 0) is 36.0 Å². The van der Waals surface area contributed by atoms with Crippen molar-refractivity contribution in [3.05, 3.63) is 29.1 Å². The van der Waals surface area contributed by atoms with Gasteiger partial charge in [-0.15, -0.1) is 0 Å². The molecule has 0 radical (unpaired) electrons. The van der Waals surface area contributed by atoms with Crippen molar-refractivity contribution in [2.45, 2.75) is 46.5 Å². The predicted molar refractivity (Wildman–Crippen MR) is 57.1 cm³/mol. The second kappa shape index (κ2) is 3.49. The molecular formula is C12H19N. The Kier molecular flexibility index (Phi) is 2.74. The summed E-state index contributed by atoms with van der Waals surface area (Å²) in [5.74, 6) is 0. The van der Waals surface area contributed by atoms with Crippen molar-refractivity contribution in [2.24, 2.45) is 0 Å². The largest absolute Gasteiger partial charge is 0.261 e. The van der Waals surface area contributed by atoms with E-state index in [4.69, 9.17) is 0 Å². The Bertz CT molecular complexity index is 294. The molecular weight excluding hydrogens is 158 g/mol. The molecule has 1 heteroatoms. The molecule has 1 nitrogen and oxygen atoms in total. The maximum absolute atomic E-state index is 4.32. The zero-order valence-electron chi connectivity index (χ0n) is 9.31. The summed E-state index contributed by atoms with van der Waals surface area (Å²) >= 11 is 0. The van der Waals surface area contributed by atoms with Crippen LogP contribution in [0.1, 0.15) is 44.5 Å². The van der Waals surface area contributed by atoms with Crippen molar-refractivity contribution in [3.8, 4) is 0 Å². The van der Waals surface area contributed by atoms with Gasteiger partial charge in [-0.2, -0.15) is 0 Å². The average Bonchev–Trinajstić information content (AvgIpc) is 2.03. The molecule has 0 bridgehead atoms. The first-order chi connectivity index (χ1) is 5.95. The van der Waals surface area contributed by atoms with E-state index in [0.29, 0.717) is 0 Å². The molecule has 0 saturated carbocycles. The number of aryl methyl sites for hydroxylation is 2. The van der Waals surface area contributed by atoms with Crippen LogP contribution in [0.4, 0.5) is 0 Å². The van der Waals surface area contributed by atoms with Gasteiger partial charge >= 0.3 is 0 Å². The smallest absolute Gasteiger partial charge is 0.0375 e. The first kappa shape index (κ1) is 10.2. The summed E-state index contributed by atoms with van der Waals surface area (Å²) in [4.78, 5) is 4.32. The summed E-state index contributed by atoms with van der Waals surface area (Å²) < 4.78 is 0. The van der Waals surface area contributed by atoms with E-state index >= 15 is 0 Å². The minimum Gasteiger partial charge on any atom is -0.261 e. The van der Waals surface area contributed by atoms with Crippen LogP contribution in [0, 0.1) is 6.92 Å². The quantitative estimate of drug-likeness (QED) is 0.641. The molecule has 1 aromatic rings. The molecule has 1 rings (SSSR count). The van der Waals surface area contributed by atoms with E-state index in [-0.39, 0.29) is 5.41 Å². The van der Waals surface area contributed by atoms with E-state index in [9.17, 15) is 0 Å². The molecule has 1 heterocycles. The molecule has 0 atom stereocenters. The molecule has 0 unspecified atom stereocenters. The number of hydrogen-bond acceptors (Lipinski definition) is 1. The molecule has 0 saturated heterocycles. The molecule has 1 aromatic heterocycles. The molecule has 0 N–H and O–H groups in total. The molecule has 0 aliphatic rings. The van der Waals surface area contributed by atoms with Crippen LogP contribution in [0.3, 0.4) is 0 Å². The van der Waals surface area contributed by atoms with E-state index in [1.807, 2.05) is 6.20 Å². The maximum Gasteiger partial charge on any atom is 0.0375 e. The van der Waals surface area contributed by atoms with Crippen LogP contribution >= 0.6 is 0 Å². The summed E-state index contributed by atoms with van der Waals surface area (Å²) in [6.07, 6.45) is 3.08. The Morgan fingerprint density at radius 1 is 1.31 bits per heavy atom. The Balaban J connectivity index is 3.24. The number of aromatic nitrogens is 1. The normalized spacial score (nSPS) is 11.8. The Labute approximate surface area is 81.2 Å². The van der Waals surface area contributed by atoms with E-state index in [1.54, 1.807) is 0 Å². The standard InChI is InChI=1S/C12H19N/c1-6-10-8-13-9(2)7-11(10)12(3,4)5/h7-8H,6H2,1-5H3. The van der Waals surface area contributed by atoms with Crippen LogP contribution in [0.25, 0.3) is 0 Å². The molecule has 0 amide bonds. The number of pyridine rings is 1. The molecule has 0 aromatic carbocycles. The van der Waals surface area contributed by atoms with Gasteiger partial charge < -0.3 is 0 Å². The van der Waals surface area contributed by atoms with Gasteiger partial charge in [0, 0.05) is 11.9 Å². The van der Waals surface area contributed by atoms with Crippen molar-refractivity contribution < 1.29 is 0 Å². The van der Waals surface area contributed by atoms with Crippen molar-refractivity contribution in [2.75, 3.05) is 0 Å². The van der Waals surface area contributed by atoms with Crippen LogP contribution in [-0.2, 0) is 11.8 Å². The zero-order valence-corrected chi connectivity index (χ0v) is 9.31. The summed E-state index contributed by atoms with van der Waals surface area (Å²) in [6, 6.07) is 2.21. The molecule has 13 heavy (non-hydrogen) atoms. The zero-order chi connectivity index (χ0) is 10.1. The van der Waals surface area contributed by atoms with Crippen LogP contribution in [0.2, 0.25) is 0 Å². The average molecular weight is 177 g/mol. The van der Waals surface area contributed by atoms with Crippen LogP contribution in [0.15, 0.2) is 12.3 Å². The highest BCUT2D eigenvalue weighted by molar-refractivity contribution is 5.32. The predicted octanol–water partition coefficient (Wildman–Crippen LogP) is 3.25. The minimum atomic E-state index is 0.235. The van der Waals surface area contributed by atoms with E-state index in [1.165, 1.54) is 11.1 Å². The first-order valence-electron chi connectivity index (χ1n) is 4.91. The highest BCUT2D eigenvalue weighted by atomic mass is 14.7. The van der Waals surface area contributed by atoms with Gasteiger partial charge in [0.2, 0.25) is 0 Å². The third-order valence-electron chi connectivity index (χ3n) is 2.31. The SMILES string of the molecule is CCc1cnc(C)cc1C(C)(C)C. The summed E-state index contributed by atoms with van der Waals surface area (Å²) in [5.41, 5.74) is 4.15.